The van der Waals surface area contributed by atoms with E-state index in [0.29, 0.717) is 32.5 Å². The summed E-state index contributed by atoms with van der Waals surface area (Å²) in [6.45, 7) is 1.22. The molecule has 1 heterocycles. The van der Waals surface area contributed by atoms with Gasteiger partial charge in [-0.3, -0.25) is 9.29 Å². The van der Waals surface area contributed by atoms with E-state index >= 15 is 0 Å². The molecule has 0 bridgehead atoms. The third-order valence-electron chi connectivity index (χ3n) is 3.06. The van der Waals surface area contributed by atoms with Crippen LogP contribution in [0.3, 0.4) is 0 Å². The lowest BCUT2D eigenvalue weighted by Gasteiger charge is -2.44. The smallest absolute Gasteiger partial charge is 0.140 e. The van der Waals surface area contributed by atoms with Crippen molar-refractivity contribution >= 4 is 15.9 Å². The summed E-state index contributed by atoms with van der Waals surface area (Å²) in [5, 5.41) is 0. The molecule has 17 heavy (non-hydrogen) atoms. The van der Waals surface area contributed by atoms with Crippen molar-refractivity contribution in [1.29, 1.82) is 0 Å². The molecule has 1 fully saturated rings. The SMILES string of the molecule is FCCCN1CC(F)(Cc2ccc(Br)cc2)C1. The minimum Gasteiger partial charge on any atom is -0.297 e. The van der Waals surface area contributed by atoms with E-state index in [2.05, 4.69) is 15.9 Å². The van der Waals surface area contributed by atoms with Crippen LogP contribution in [0.25, 0.3) is 0 Å². The van der Waals surface area contributed by atoms with Crippen LogP contribution in [0.4, 0.5) is 8.78 Å². The average Bonchev–Trinajstić information content (AvgIpc) is 2.27. The Labute approximate surface area is 109 Å². The molecule has 0 saturated carbocycles. The fraction of sp³-hybridized carbons (Fsp3) is 0.538. The number of hydrogen-bond donors (Lipinski definition) is 0. The van der Waals surface area contributed by atoms with E-state index in [1.807, 2.05) is 29.2 Å². The summed E-state index contributed by atoms with van der Waals surface area (Å²) in [7, 11) is 0. The van der Waals surface area contributed by atoms with Gasteiger partial charge < -0.3 is 0 Å². The van der Waals surface area contributed by atoms with Crippen LogP contribution in [0, 0.1) is 0 Å². The Kier molecular flexibility index (Phi) is 4.15. The van der Waals surface area contributed by atoms with E-state index in [-0.39, 0.29) is 6.67 Å². The van der Waals surface area contributed by atoms with Gasteiger partial charge in [0.2, 0.25) is 0 Å². The normalized spacial score (nSPS) is 19.0. The molecule has 94 valence electrons. The van der Waals surface area contributed by atoms with Crippen LogP contribution in [0.15, 0.2) is 28.7 Å². The maximum absolute atomic E-state index is 14.2. The van der Waals surface area contributed by atoms with Crippen LogP contribution in [0.5, 0.6) is 0 Å². The highest BCUT2D eigenvalue weighted by atomic mass is 79.9. The predicted molar refractivity (Wildman–Crippen MR) is 68.7 cm³/mol. The van der Waals surface area contributed by atoms with Crippen molar-refractivity contribution in [1.82, 2.24) is 4.90 Å². The molecule has 1 aromatic carbocycles. The Morgan fingerprint density at radius 1 is 1.24 bits per heavy atom. The molecule has 1 nitrogen and oxygen atoms in total. The average molecular weight is 304 g/mol. The van der Waals surface area contributed by atoms with Gasteiger partial charge in [0.15, 0.2) is 0 Å². The highest BCUT2D eigenvalue weighted by Crippen LogP contribution is 2.29. The number of alkyl halides is 2. The second-order valence-corrected chi connectivity index (χ2v) is 5.62. The number of hydrogen-bond acceptors (Lipinski definition) is 1. The van der Waals surface area contributed by atoms with Gasteiger partial charge in [-0.15, -0.1) is 0 Å². The molecule has 1 saturated heterocycles. The summed E-state index contributed by atoms with van der Waals surface area (Å²) >= 11 is 3.36. The minimum atomic E-state index is -1.12. The van der Waals surface area contributed by atoms with Crippen LogP contribution in [-0.4, -0.2) is 36.9 Å². The van der Waals surface area contributed by atoms with Crippen molar-refractivity contribution in [3.63, 3.8) is 0 Å². The van der Waals surface area contributed by atoms with Crippen molar-refractivity contribution in [3.8, 4) is 0 Å². The Hall–Kier alpha value is -0.480. The first-order valence-corrected chi connectivity index (χ1v) is 6.62. The first-order valence-electron chi connectivity index (χ1n) is 5.83. The second kappa shape index (κ2) is 5.44. The summed E-state index contributed by atoms with van der Waals surface area (Å²) in [5.41, 5.74) is -0.106. The molecule has 1 aliphatic heterocycles. The van der Waals surface area contributed by atoms with E-state index in [4.69, 9.17) is 0 Å². The molecule has 0 aromatic heterocycles. The Morgan fingerprint density at radius 2 is 1.88 bits per heavy atom. The zero-order chi connectivity index (χ0) is 12.3. The molecule has 0 unspecified atom stereocenters. The maximum Gasteiger partial charge on any atom is 0.140 e. The molecule has 2 rings (SSSR count). The molecule has 0 N–H and O–H groups in total. The molecule has 0 aliphatic carbocycles. The Bertz CT molecular complexity index is 360. The van der Waals surface area contributed by atoms with Gasteiger partial charge in [0.1, 0.15) is 5.67 Å². The molecule has 1 aromatic rings. The van der Waals surface area contributed by atoms with Crippen LogP contribution < -0.4 is 0 Å². The van der Waals surface area contributed by atoms with Gasteiger partial charge in [-0.1, -0.05) is 28.1 Å². The maximum atomic E-state index is 14.2. The fourth-order valence-corrected chi connectivity index (χ4v) is 2.54. The standard InChI is InChI=1S/C13H16BrF2N/c14-12-4-2-11(3-5-12)8-13(16)9-17(10-13)7-1-6-15/h2-5H,1,6-10H2. The third-order valence-corrected chi connectivity index (χ3v) is 3.58. The Morgan fingerprint density at radius 3 is 2.47 bits per heavy atom. The minimum absolute atomic E-state index is 0.317. The van der Waals surface area contributed by atoms with Gasteiger partial charge in [0.25, 0.3) is 0 Å². The van der Waals surface area contributed by atoms with Crippen LogP contribution in [-0.2, 0) is 6.42 Å². The lowest BCUT2D eigenvalue weighted by molar-refractivity contribution is -0.0323. The van der Waals surface area contributed by atoms with Gasteiger partial charge in [0, 0.05) is 30.5 Å². The summed E-state index contributed by atoms with van der Waals surface area (Å²) in [4.78, 5) is 1.97. The number of nitrogens with zero attached hydrogens (tertiary/aromatic N) is 1. The lowest BCUT2D eigenvalue weighted by Crippen LogP contribution is -2.60. The van der Waals surface area contributed by atoms with Crippen molar-refractivity contribution < 1.29 is 8.78 Å². The topological polar surface area (TPSA) is 3.24 Å². The van der Waals surface area contributed by atoms with Crippen LogP contribution >= 0.6 is 15.9 Å². The summed E-state index contributed by atoms with van der Waals surface area (Å²) in [6, 6.07) is 7.74. The quantitative estimate of drug-likeness (QED) is 0.806. The second-order valence-electron chi connectivity index (χ2n) is 4.71. The fourth-order valence-electron chi connectivity index (χ4n) is 2.28. The molecule has 0 atom stereocenters. The van der Waals surface area contributed by atoms with Crippen LogP contribution in [0.2, 0.25) is 0 Å². The monoisotopic (exact) mass is 303 g/mol. The van der Waals surface area contributed by atoms with Gasteiger partial charge in [-0.05, 0) is 24.1 Å². The van der Waals surface area contributed by atoms with Crippen LogP contribution in [0.1, 0.15) is 12.0 Å². The zero-order valence-corrected chi connectivity index (χ0v) is 11.2. The molecular weight excluding hydrogens is 288 g/mol. The molecular formula is C13H16BrF2N. The highest BCUT2D eigenvalue weighted by Gasteiger charge is 2.42. The summed E-state index contributed by atoms with van der Waals surface area (Å²) in [5.74, 6) is 0. The molecule has 1 aliphatic rings. The van der Waals surface area contributed by atoms with E-state index in [1.165, 1.54) is 0 Å². The molecule has 0 spiro atoms. The molecule has 4 heteroatoms. The number of likely N-dealkylation sites (tertiary alicyclic amines) is 1. The van der Waals surface area contributed by atoms with Gasteiger partial charge in [0.05, 0.1) is 6.67 Å². The summed E-state index contributed by atoms with van der Waals surface area (Å²) in [6.07, 6.45) is 0.959. The predicted octanol–water partition coefficient (Wildman–Crippen LogP) is 3.38. The van der Waals surface area contributed by atoms with E-state index in [9.17, 15) is 8.78 Å². The third kappa shape index (κ3) is 3.49. The van der Waals surface area contributed by atoms with Gasteiger partial charge in [-0.25, -0.2) is 4.39 Å². The first-order chi connectivity index (χ1) is 8.11. The first kappa shape index (κ1) is 13.0. The van der Waals surface area contributed by atoms with Crippen molar-refractivity contribution in [3.05, 3.63) is 34.3 Å². The van der Waals surface area contributed by atoms with Crippen molar-refractivity contribution in [2.75, 3.05) is 26.3 Å². The highest BCUT2D eigenvalue weighted by molar-refractivity contribution is 9.10. The van der Waals surface area contributed by atoms with Crippen molar-refractivity contribution in [2.24, 2.45) is 0 Å². The summed E-state index contributed by atoms with van der Waals surface area (Å²) < 4.78 is 27.2. The van der Waals surface area contributed by atoms with E-state index < -0.39 is 5.67 Å². The number of halogens is 3. The number of rotatable bonds is 5. The lowest BCUT2D eigenvalue weighted by atomic mass is 9.89. The van der Waals surface area contributed by atoms with E-state index in [0.717, 1.165) is 10.0 Å². The van der Waals surface area contributed by atoms with Crippen molar-refractivity contribution in [2.45, 2.75) is 18.5 Å². The van der Waals surface area contributed by atoms with E-state index in [1.54, 1.807) is 0 Å². The molecule has 0 radical (unpaired) electrons. The molecule has 0 amide bonds. The zero-order valence-electron chi connectivity index (χ0n) is 9.63. The number of benzene rings is 1. The Balaban J connectivity index is 1.82. The largest absolute Gasteiger partial charge is 0.297 e. The van der Waals surface area contributed by atoms with Gasteiger partial charge in [-0.2, -0.15) is 0 Å². The van der Waals surface area contributed by atoms with Gasteiger partial charge >= 0.3 is 0 Å².